The van der Waals surface area contributed by atoms with Crippen molar-refractivity contribution in [3.05, 3.63) is 70.6 Å². The molecule has 0 aliphatic carbocycles. The van der Waals surface area contributed by atoms with Crippen molar-refractivity contribution >= 4 is 11.6 Å². The van der Waals surface area contributed by atoms with Crippen LogP contribution in [0.15, 0.2) is 48.7 Å². The number of rotatable bonds is 12. The van der Waals surface area contributed by atoms with Crippen molar-refractivity contribution < 1.29 is 14.9 Å². The van der Waals surface area contributed by atoms with Crippen LogP contribution in [0, 0.1) is 0 Å². The SMILES string of the molecule is CCCOc1ccc(CN[C@H](CCO)Cc2ccc(-c3cn(C)c(C(C)(C)O)n3)cc2)cc1Cl. The molecule has 1 atom stereocenters. The van der Waals surface area contributed by atoms with E-state index in [1.165, 1.54) is 5.56 Å². The highest BCUT2D eigenvalue weighted by molar-refractivity contribution is 6.32. The van der Waals surface area contributed by atoms with Gasteiger partial charge in [-0.2, -0.15) is 0 Å². The molecule has 0 radical (unpaired) electrons. The maximum atomic E-state index is 10.3. The van der Waals surface area contributed by atoms with E-state index in [9.17, 15) is 10.2 Å². The second kappa shape index (κ2) is 11.8. The molecule has 0 fully saturated rings. The van der Waals surface area contributed by atoms with Crippen molar-refractivity contribution in [3.63, 3.8) is 0 Å². The summed E-state index contributed by atoms with van der Waals surface area (Å²) in [5, 5.41) is 24.0. The number of benzene rings is 2. The summed E-state index contributed by atoms with van der Waals surface area (Å²) in [6.07, 6.45) is 4.32. The minimum Gasteiger partial charge on any atom is -0.492 e. The Morgan fingerprint density at radius 1 is 1.15 bits per heavy atom. The maximum Gasteiger partial charge on any atom is 0.140 e. The number of aliphatic hydroxyl groups excluding tert-OH is 1. The van der Waals surface area contributed by atoms with Gasteiger partial charge in [-0.25, -0.2) is 4.98 Å². The van der Waals surface area contributed by atoms with Crippen LogP contribution in [0.1, 0.15) is 50.6 Å². The third-order valence-electron chi connectivity index (χ3n) is 5.69. The minimum atomic E-state index is -0.997. The molecule has 0 spiro atoms. The molecule has 1 heterocycles. The Labute approximate surface area is 207 Å². The first-order chi connectivity index (χ1) is 16.2. The van der Waals surface area contributed by atoms with Crippen LogP contribution in [0.3, 0.4) is 0 Å². The van der Waals surface area contributed by atoms with Gasteiger partial charge in [0.15, 0.2) is 0 Å². The fourth-order valence-electron chi connectivity index (χ4n) is 3.95. The molecule has 34 heavy (non-hydrogen) atoms. The summed E-state index contributed by atoms with van der Waals surface area (Å²) in [6.45, 7) is 6.96. The van der Waals surface area contributed by atoms with E-state index in [2.05, 4.69) is 41.5 Å². The second-order valence-corrected chi connectivity index (χ2v) is 9.63. The first-order valence-corrected chi connectivity index (χ1v) is 12.2. The van der Waals surface area contributed by atoms with Crippen molar-refractivity contribution in [1.82, 2.24) is 14.9 Å². The lowest BCUT2D eigenvalue weighted by Crippen LogP contribution is -2.31. The zero-order valence-corrected chi connectivity index (χ0v) is 21.3. The highest BCUT2D eigenvalue weighted by Crippen LogP contribution is 2.26. The number of hydrogen-bond acceptors (Lipinski definition) is 5. The van der Waals surface area contributed by atoms with Gasteiger partial charge in [-0.15, -0.1) is 0 Å². The summed E-state index contributed by atoms with van der Waals surface area (Å²) < 4.78 is 7.51. The van der Waals surface area contributed by atoms with E-state index in [1.807, 2.05) is 36.0 Å². The third-order valence-corrected chi connectivity index (χ3v) is 5.98. The molecule has 0 aliphatic rings. The fourth-order valence-corrected chi connectivity index (χ4v) is 4.21. The molecule has 0 unspecified atom stereocenters. The van der Waals surface area contributed by atoms with E-state index in [0.29, 0.717) is 36.2 Å². The van der Waals surface area contributed by atoms with Crippen LogP contribution in [0.25, 0.3) is 11.3 Å². The first kappa shape index (κ1) is 26.2. The highest BCUT2D eigenvalue weighted by Gasteiger charge is 2.22. The first-order valence-electron chi connectivity index (χ1n) is 11.8. The minimum absolute atomic E-state index is 0.119. The molecule has 6 nitrogen and oxygen atoms in total. The number of nitrogens with zero attached hydrogens (tertiary/aromatic N) is 2. The number of halogens is 1. The van der Waals surface area contributed by atoms with Gasteiger partial charge in [0.1, 0.15) is 17.2 Å². The lowest BCUT2D eigenvalue weighted by molar-refractivity contribution is 0.0659. The van der Waals surface area contributed by atoms with Gasteiger partial charge in [-0.05, 0) is 56.4 Å². The number of hydrogen-bond donors (Lipinski definition) is 3. The lowest BCUT2D eigenvalue weighted by atomic mass is 10.0. The number of imidazole rings is 1. The largest absolute Gasteiger partial charge is 0.492 e. The van der Waals surface area contributed by atoms with Crippen molar-refractivity contribution in [1.29, 1.82) is 0 Å². The molecule has 0 saturated carbocycles. The molecule has 1 aromatic heterocycles. The Bertz CT molecular complexity index is 1060. The van der Waals surface area contributed by atoms with E-state index < -0.39 is 5.60 Å². The van der Waals surface area contributed by atoms with Gasteiger partial charge >= 0.3 is 0 Å². The van der Waals surface area contributed by atoms with Gasteiger partial charge in [0.05, 0.1) is 17.3 Å². The predicted octanol–water partition coefficient (Wildman–Crippen LogP) is 4.84. The molecular formula is C27H36ClN3O3. The number of ether oxygens (including phenoxy) is 1. The van der Waals surface area contributed by atoms with Crippen LogP contribution >= 0.6 is 11.6 Å². The van der Waals surface area contributed by atoms with Crippen LogP contribution in [-0.2, 0) is 25.6 Å². The van der Waals surface area contributed by atoms with Crippen molar-refractivity contribution in [3.8, 4) is 17.0 Å². The van der Waals surface area contributed by atoms with Crippen molar-refractivity contribution in [2.75, 3.05) is 13.2 Å². The molecule has 0 aliphatic heterocycles. The standard InChI is InChI=1S/C27H36ClN3O3/c1-5-14-34-25-11-8-20(16-23(25)28)17-29-22(12-13-32)15-19-6-9-21(10-7-19)24-18-31(4)26(30-24)27(2,3)33/h6-11,16,18,22,29,32-33H,5,12-15,17H2,1-4H3/t22-/m1/s1. The predicted molar refractivity (Wildman–Crippen MR) is 137 cm³/mol. The van der Waals surface area contributed by atoms with Gasteiger partial charge in [0.2, 0.25) is 0 Å². The van der Waals surface area contributed by atoms with Crippen molar-refractivity contribution in [2.45, 2.75) is 58.2 Å². The number of nitrogens with one attached hydrogen (secondary N) is 1. The third kappa shape index (κ3) is 7.06. The van der Waals surface area contributed by atoms with Gasteiger partial charge in [-0.1, -0.05) is 48.9 Å². The maximum absolute atomic E-state index is 10.3. The van der Waals surface area contributed by atoms with E-state index in [4.69, 9.17) is 16.3 Å². The monoisotopic (exact) mass is 485 g/mol. The van der Waals surface area contributed by atoms with Gasteiger partial charge in [0, 0.05) is 38.0 Å². The molecule has 0 saturated heterocycles. The van der Waals surface area contributed by atoms with Gasteiger partial charge in [0.25, 0.3) is 0 Å². The van der Waals surface area contributed by atoms with Gasteiger partial charge in [-0.3, -0.25) is 0 Å². The smallest absolute Gasteiger partial charge is 0.140 e. The molecule has 0 amide bonds. The van der Waals surface area contributed by atoms with E-state index in [-0.39, 0.29) is 12.6 Å². The Kier molecular flexibility index (Phi) is 9.14. The highest BCUT2D eigenvalue weighted by atomic mass is 35.5. The quantitative estimate of drug-likeness (QED) is 0.342. The van der Waals surface area contributed by atoms with E-state index >= 15 is 0 Å². The zero-order valence-electron chi connectivity index (χ0n) is 20.5. The topological polar surface area (TPSA) is 79.5 Å². The van der Waals surface area contributed by atoms with E-state index in [1.54, 1.807) is 13.8 Å². The average Bonchev–Trinajstić information content (AvgIpc) is 3.20. The van der Waals surface area contributed by atoms with E-state index in [0.717, 1.165) is 29.7 Å². The Morgan fingerprint density at radius 3 is 2.44 bits per heavy atom. The average molecular weight is 486 g/mol. The molecule has 3 aromatic rings. The van der Waals surface area contributed by atoms with Crippen molar-refractivity contribution in [2.24, 2.45) is 7.05 Å². The summed E-state index contributed by atoms with van der Waals surface area (Å²) in [6, 6.07) is 14.3. The van der Waals surface area contributed by atoms with Crippen LogP contribution in [0.2, 0.25) is 5.02 Å². The van der Waals surface area contributed by atoms with Crippen LogP contribution in [0.4, 0.5) is 0 Å². The summed E-state index contributed by atoms with van der Waals surface area (Å²) >= 11 is 6.36. The zero-order chi connectivity index (χ0) is 24.7. The normalized spacial score (nSPS) is 12.7. The van der Waals surface area contributed by atoms with Crippen LogP contribution < -0.4 is 10.1 Å². The Morgan fingerprint density at radius 2 is 1.85 bits per heavy atom. The van der Waals surface area contributed by atoms with Crippen LogP contribution in [0.5, 0.6) is 5.75 Å². The fraction of sp³-hybridized carbons (Fsp3) is 0.444. The lowest BCUT2D eigenvalue weighted by Gasteiger charge is -2.19. The molecular weight excluding hydrogens is 450 g/mol. The number of aryl methyl sites for hydroxylation is 1. The molecule has 3 rings (SSSR count). The molecule has 7 heteroatoms. The molecule has 0 bridgehead atoms. The summed E-state index contributed by atoms with van der Waals surface area (Å²) in [4.78, 5) is 4.61. The molecule has 3 N–H and O–H groups in total. The Balaban J connectivity index is 1.63. The molecule has 2 aromatic carbocycles. The van der Waals surface area contributed by atoms with Gasteiger partial charge < -0.3 is 24.8 Å². The Hall–Kier alpha value is -2.38. The summed E-state index contributed by atoms with van der Waals surface area (Å²) in [7, 11) is 1.89. The summed E-state index contributed by atoms with van der Waals surface area (Å²) in [5.41, 5.74) is 3.09. The van der Waals surface area contributed by atoms with Crippen LogP contribution in [-0.4, -0.2) is 39.0 Å². The number of aliphatic hydroxyl groups is 2. The molecule has 184 valence electrons. The second-order valence-electron chi connectivity index (χ2n) is 9.22. The number of aromatic nitrogens is 2. The summed E-state index contributed by atoms with van der Waals surface area (Å²) in [5.74, 6) is 1.34.